The van der Waals surface area contributed by atoms with Gasteiger partial charge in [-0.25, -0.2) is 0 Å². The molecule has 2 N–H and O–H groups in total. The highest BCUT2D eigenvalue weighted by molar-refractivity contribution is 9.10. The maximum absolute atomic E-state index is 12.2. The van der Waals surface area contributed by atoms with Gasteiger partial charge in [-0.3, -0.25) is 4.79 Å². The van der Waals surface area contributed by atoms with Crippen LogP contribution < -0.4 is 10.1 Å². The molecule has 20 heavy (non-hydrogen) atoms. The fourth-order valence-corrected chi connectivity index (χ4v) is 2.13. The van der Waals surface area contributed by atoms with Gasteiger partial charge in [0.2, 0.25) is 0 Å². The summed E-state index contributed by atoms with van der Waals surface area (Å²) in [5.41, 5.74) is 1.87. The second-order valence-electron chi connectivity index (χ2n) is 4.27. The molecule has 2 aromatic carbocycles. The Morgan fingerprint density at radius 1 is 1.30 bits per heavy atom. The molecule has 0 saturated heterocycles. The molecule has 104 valence electrons. The van der Waals surface area contributed by atoms with Crippen molar-refractivity contribution in [1.29, 1.82) is 0 Å². The number of phenols is 1. The quantitative estimate of drug-likeness (QED) is 0.898. The van der Waals surface area contributed by atoms with Gasteiger partial charge >= 0.3 is 0 Å². The lowest BCUT2D eigenvalue weighted by Crippen LogP contribution is -2.12. The van der Waals surface area contributed by atoms with Gasteiger partial charge in [0.05, 0.1) is 18.4 Å². The van der Waals surface area contributed by atoms with Crippen LogP contribution in [0.1, 0.15) is 15.9 Å². The molecule has 0 fully saturated rings. The Morgan fingerprint density at radius 2 is 2.05 bits per heavy atom. The molecular formula is C15H14BrNO3. The van der Waals surface area contributed by atoms with Crippen LogP contribution in [0.4, 0.5) is 5.69 Å². The third-order valence-electron chi connectivity index (χ3n) is 2.89. The fourth-order valence-electron chi connectivity index (χ4n) is 1.76. The zero-order valence-corrected chi connectivity index (χ0v) is 12.7. The van der Waals surface area contributed by atoms with E-state index in [1.54, 1.807) is 12.1 Å². The van der Waals surface area contributed by atoms with Crippen molar-refractivity contribution in [2.75, 3.05) is 12.4 Å². The molecule has 1 amide bonds. The van der Waals surface area contributed by atoms with Crippen LogP contribution >= 0.6 is 15.9 Å². The van der Waals surface area contributed by atoms with Gasteiger partial charge in [-0.05, 0) is 46.6 Å². The number of aromatic hydroxyl groups is 1. The number of nitrogens with one attached hydrogen (secondary N) is 1. The predicted octanol–water partition coefficient (Wildman–Crippen LogP) is 3.72. The lowest BCUT2D eigenvalue weighted by molar-refractivity contribution is 0.102. The highest BCUT2D eigenvalue weighted by Gasteiger charge is 2.13. The summed E-state index contributed by atoms with van der Waals surface area (Å²) in [6.07, 6.45) is 0. The lowest BCUT2D eigenvalue weighted by atomic mass is 10.1. The van der Waals surface area contributed by atoms with Gasteiger partial charge in [0.15, 0.2) is 0 Å². The van der Waals surface area contributed by atoms with Crippen molar-refractivity contribution in [3.63, 3.8) is 0 Å². The Hall–Kier alpha value is -2.01. The normalized spacial score (nSPS) is 10.2. The number of hydrogen-bond acceptors (Lipinski definition) is 3. The number of carbonyl (C=O) groups is 1. The van der Waals surface area contributed by atoms with Crippen LogP contribution in [0.2, 0.25) is 0 Å². The minimum absolute atomic E-state index is 0.120. The van der Waals surface area contributed by atoms with E-state index >= 15 is 0 Å². The largest absolute Gasteiger partial charge is 0.507 e. The van der Waals surface area contributed by atoms with E-state index in [4.69, 9.17) is 4.74 Å². The van der Waals surface area contributed by atoms with Crippen LogP contribution in [-0.2, 0) is 0 Å². The molecule has 0 unspecified atom stereocenters. The second-order valence-corrected chi connectivity index (χ2v) is 5.07. The molecule has 2 aromatic rings. The number of amides is 1. The summed E-state index contributed by atoms with van der Waals surface area (Å²) in [4.78, 5) is 12.2. The maximum Gasteiger partial charge on any atom is 0.259 e. The van der Waals surface area contributed by atoms with Gasteiger partial charge in [0.1, 0.15) is 11.5 Å². The van der Waals surface area contributed by atoms with Crippen LogP contribution in [0.3, 0.4) is 0 Å². The number of methoxy groups -OCH3 is 1. The van der Waals surface area contributed by atoms with E-state index in [1.165, 1.54) is 19.2 Å². The van der Waals surface area contributed by atoms with Crippen molar-refractivity contribution < 1.29 is 14.6 Å². The number of carbonyl (C=O) groups excluding carboxylic acids is 1. The summed E-state index contributed by atoms with van der Waals surface area (Å²) in [5, 5.41) is 12.6. The maximum atomic E-state index is 12.2. The number of ether oxygens (including phenoxy) is 1. The average molecular weight is 336 g/mol. The zero-order chi connectivity index (χ0) is 14.7. The lowest BCUT2D eigenvalue weighted by Gasteiger charge is -2.10. The molecule has 5 heteroatoms. The van der Waals surface area contributed by atoms with E-state index in [0.717, 1.165) is 10.0 Å². The van der Waals surface area contributed by atoms with Crippen molar-refractivity contribution in [3.8, 4) is 11.5 Å². The Kier molecular flexibility index (Phi) is 4.29. The van der Waals surface area contributed by atoms with Crippen LogP contribution in [0.15, 0.2) is 40.9 Å². The first-order chi connectivity index (χ1) is 9.52. The van der Waals surface area contributed by atoms with E-state index in [0.29, 0.717) is 11.4 Å². The highest BCUT2D eigenvalue weighted by Crippen LogP contribution is 2.28. The number of halogens is 1. The van der Waals surface area contributed by atoms with Gasteiger partial charge in [0.25, 0.3) is 5.91 Å². The molecule has 0 aliphatic carbocycles. The van der Waals surface area contributed by atoms with Gasteiger partial charge in [-0.1, -0.05) is 12.1 Å². The van der Waals surface area contributed by atoms with Crippen molar-refractivity contribution in [2.24, 2.45) is 0 Å². The highest BCUT2D eigenvalue weighted by atomic mass is 79.9. The van der Waals surface area contributed by atoms with Crippen molar-refractivity contribution in [2.45, 2.75) is 6.92 Å². The van der Waals surface area contributed by atoms with Crippen LogP contribution in [0.25, 0.3) is 0 Å². The monoisotopic (exact) mass is 335 g/mol. The number of phenolic OH excluding ortho intramolecular Hbond substituents is 1. The summed E-state index contributed by atoms with van der Waals surface area (Å²) in [7, 11) is 1.50. The number of aryl methyl sites for hydroxylation is 1. The van der Waals surface area contributed by atoms with E-state index in [1.807, 2.05) is 19.1 Å². The van der Waals surface area contributed by atoms with Crippen molar-refractivity contribution in [1.82, 2.24) is 0 Å². The number of hydrogen-bond donors (Lipinski definition) is 2. The molecule has 0 atom stereocenters. The summed E-state index contributed by atoms with van der Waals surface area (Å²) < 4.78 is 5.80. The molecule has 0 aliphatic heterocycles. The van der Waals surface area contributed by atoms with Crippen LogP contribution in [0, 0.1) is 6.92 Å². The standard InChI is InChI=1S/C15H14BrNO3/c1-9-4-3-5-12(14(9)16)17-15(19)11-7-6-10(20-2)8-13(11)18/h3-8,18H,1-2H3,(H,17,19). The molecule has 0 aliphatic rings. The molecule has 0 heterocycles. The topological polar surface area (TPSA) is 58.6 Å². The number of benzene rings is 2. The van der Waals surface area contributed by atoms with Crippen molar-refractivity contribution >= 4 is 27.5 Å². The minimum atomic E-state index is -0.378. The molecule has 0 radical (unpaired) electrons. The Labute approximate surface area is 125 Å². The SMILES string of the molecule is COc1ccc(C(=O)Nc2cccc(C)c2Br)c(O)c1. The first-order valence-corrected chi connectivity index (χ1v) is 6.75. The van der Waals surface area contributed by atoms with E-state index in [2.05, 4.69) is 21.2 Å². The van der Waals surface area contributed by atoms with Crippen molar-refractivity contribution in [3.05, 3.63) is 52.0 Å². The third kappa shape index (κ3) is 2.93. The van der Waals surface area contributed by atoms with Gasteiger partial charge in [-0.15, -0.1) is 0 Å². The number of anilines is 1. The van der Waals surface area contributed by atoms with Gasteiger partial charge in [0, 0.05) is 10.5 Å². The minimum Gasteiger partial charge on any atom is -0.507 e. The average Bonchev–Trinajstić information content (AvgIpc) is 2.43. The Bertz CT molecular complexity index is 656. The predicted molar refractivity (Wildman–Crippen MR) is 81.5 cm³/mol. The molecule has 2 rings (SSSR count). The fraction of sp³-hybridized carbons (Fsp3) is 0.133. The van der Waals surface area contributed by atoms with Gasteiger partial charge < -0.3 is 15.2 Å². The summed E-state index contributed by atoms with van der Waals surface area (Å²) in [6, 6.07) is 10.1. The summed E-state index contributed by atoms with van der Waals surface area (Å²) >= 11 is 3.43. The summed E-state index contributed by atoms with van der Waals surface area (Å²) in [6.45, 7) is 1.94. The first kappa shape index (κ1) is 14.4. The first-order valence-electron chi connectivity index (χ1n) is 5.96. The van der Waals surface area contributed by atoms with Crippen LogP contribution in [0.5, 0.6) is 11.5 Å². The summed E-state index contributed by atoms with van der Waals surface area (Å²) in [5.74, 6) is -0.00198. The van der Waals surface area contributed by atoms with Crippen LogP contribution in [-0.4, -0.2) is 18.1 Å². The molecule has 0 saturated carbocycles. The van der Waals surface area contributed by atoms with Gasteiger partial charge in [-0.2, -0.15) is 0 Å². The molecule has 0 aromatic heterocycles. The molecule has 4 nitrogen and oxygen atoms in total. The zero-order valence-electron chi connectivity index (χ0n) is 11.1. The number of rotatable bonds is 3. The van der Waals surface area contributed by atoms with E-state index in [9.17, 15) is 9.90 Å². The van der Waals surface area contributed by atoms with E-state index in [-0.39, 0.29) is 17.2 Å². The van der Waals surface area contributed by atoms with E-state index < -0.39 is 0 Å². The smallest absolute Gasteiger partial charge is 0.259 e. The third-order valence-corrected chi connectivity index (χ3v) is 3.94. The molecular weight excluding hydrogens is 322 g/mol. The Morgan fingerprint density at radius 3 is 2.70 bits per heavy atom. The second kappa shape index (κ2) is 5.96. The Balaban J connectivity index is 2.26. The molecule has 0 bridgehead atoms. The molecule has 0 spiro atoms.